The zero-order chi connectivity index (χ0) is 8.81. The lowest BCUT2D eigenvalue weighted by molar-refractivity contribution is 1.36. The molecule has 2 heteroatoms. The molecule has 2 aromatic rings. The maximum Gasteiger partial charge on any atom is 0.0346 e. The summed E-state index contributed by atoms with van der Waals surface area (Å²) in [6.45, 7) is 0. The van der Waals surface area contributed by atoms with Gasteiger partial charge in [-0.05, 0) is 21.8 Å². The van der Waals surface area contributed by atoms with Gasteiger partial charge in [0.1, 0.15) is 0 Å². The summed E-state index contributed by atoms with van der Waals surface area (Å²) in [5.41, 5.74) is 0. The summed E-state index contributed by atoms with van der Waals surface area (Å²) in [6.07, 6.45) is 3.68. The summed E-state index contributed by atoms with van der Waals surface area (Å²) in [4.78, 5) is 5.98. The first-order valence-electron chi connectivity index (χ1n) is 3.63. The summed E-state index contributed by atoms with van der Waals surface area (Å²) in [7, 11) is 0. The predicted molar refractivity (Wildman–Crippen MR) is 61.7 cm³/mol. The van der Waals surface area contributed by atoms with Gasteiger partial charge in [0.25, 0.3) is 0 Å². The second-order valence-electron chi connectivity index (χ2n) is 2.22. The van der Waals surface area contributed by atoms with Gasteiger partial charge in [-0.15, -0.1) is 0 Å². The van der Waals surface area contributed by atoms with Gasteiger partial charge in [0.2, 0.25) is 0 Å². The van der Waals surface area contributed by atoms with E-state index in [2.05, 4.69) is 39.7 Å². The lowest BCUT2D eigenvalue weighted by Gasteiger charge is -1.91. The standard InChI is InChI=1S/C9H7N.CH3I/c1-2-4-9-7-10-6-5-8(9)3-1;1-2/h1-7H;1H3. The average molecular weight is 271 g/mol. The van der Waals surface area contributed by atoms with Crippen LogP contribution in [0.2, 0.25) is 0 Å². The molecule has 0 aliphatic heterocycles. The number of hydrogen-bond donors (Lipinski definition) is 0. The molecule has 0 amide bonds. The quantitative estimate of drug-likeness (QED) is 0.529. The van der Waals surface area contributed by atoms with Crippen LogP contribution in [0.4, 0.5) is 0 Å². The number of nitrogens with zero attached hydrogens (tertiary/aromatic N) is 1. The minimum Gasteiger partial charge on any atom is -0.264 e. The topological polar surface area (TPSA) is 12.9 Å². The number of aromatic nitrogens is 1. The molecule has 0 bridgehead atoms. The zero-order valence-electron chi connectivity index (χ0n) is 6.87. The third-order valence-electron chi connectivity index (χ3n) is 1.55. The van der Waals surface area contributed by atoms with Crippen LogP contribution in [0, 0.1) is 0 Å². The monoisotopic (exact) mass is 271 g/mol. The molecule has 0 aliphatic rings. The SMILES string of the molecule is CI.c1ccc2cnccc2c1. The van der Waals surface area contributed by atoms with Gasteiger partial charge in [-0.2, -0.15) is 0 Å². The van der Waals surface area contributed by atoms with Gasteiger partial charge in [-0.1, -0.05) is 46.9 Å². The summed E-state index contributed by atoms with van der Waals surface area (Å²) >= 11 is 2.15. The van der Waals surface area contributed by atoms with Crippen molar-refractivity contribution in [2.75, 3.05) is 4.93 Å². The largest absolute Gasteiger partial charge is 0.264 e. The Morgan fingerprint density at radius 3 is 2.33 bits per heavy atom. The molecule has 0 aliphatic carbocycles. The normalized spacial score (nSPS) is 8.83. The third-order valence-corrected chi connectivity index (χ3v) is 1.55. The van der Waals surface area contributed by atoms with Crippen molar-refractivity contribution in [1.29, 1.82) is 0 Å². The Hall–Kier alpha value is -0.640. The number of fused-ring (bicyclic) bond motifs is 1. The first-order chi connectivity index (χ1) is 5.97. The third kappa shape index (κ3) is 2.17. The van der Waals surface area contributed by atoms with Crippen LogP contribution in [0.3, 0.4) is 0 Å². The van der Waals surface area contributed by atoms with Crippen molar-refractivity contribution < 1.29 is 0 Å². The second kappa shape index (κ2) is 5.09. The minimum atomic E-state index is 1.20. The van der Waals surface area contributed by atoms with Gasteiger partial charge in [0.15, 0.2) is 0 Å². The van der Waals surface area contributed by atoms with Crippen LogP contribution in [0.15, 0.2) is 42.7 Å². The van der Waals surface area contributed by atoms with E-state index in [1.807, 2.05) is 35.5 Å². The Bertz CT molecular complexity index is 281. The fourth-order valence-electron chi connectivity index (χ4n) is 1.03. The Balaban J connectivity index is 0.000000336. The van der Waals surface area contributed by atoms with Crippen LogP contribution in [0.1, 0.15) is 0 Å². The van der Waals surface area contributed by atoms with E-state index in [4.69, 9.17) is 0 Å². The highest BCUT2D eigenvalue weighted by atomic mass is 127. The molecule has 0 saturated heterocycles. The number of pyridine rings is 1. The van der Waals surface area contributed by atoms with E-state index in [1.54, 1.807) is 0 Å². The molecule has 0 saturated carbocycles. The maximum atomic E-state index is 4.01. The van der Waals surface area contributed by atoms with Crippen LogP contribution < -0.4 is 0 Å². The Morgan fingerprint density at radius 1 is 1.00 bits per heavy atom. The first kappa shape index (κ1) is 9.45. The van der Waals surface area contributed by atoms with Crippen molar-refractivity contribution in [2.24, 2.45) is 0 Å². The van der Waals surface area contributed by atoms with Crippen molar-refractivity contribution in [3.63, 3.8) is 0 Å². The van der Waals surface area contributed by atoms with Crippen molar-refractivity contribution in [3.05, 3.63) is 42.7 Å². The van der Waals surface area contributed by atoms with Crippen LogP contribution >= 0.6 is 22.6 Å². The molecule has 12 heavy (non-hydrogen) atoms. The van der Waals surface area contributed by atoms with E-state index in [9.17, 15) is 0 Å². The van der Waals surface area contributed by atoms with E-state index < -0.39 is 0 Å². The summed E-state index contributed by atoms with van der Waals surface area (Å²) in [5.74, 6) is 0. The van der Waals surface area contributed by atoms with E-state index >= 15 is 0 Å². The molecule has 1 aromatic carbocycles. The highest BCUT2D eigenvalue weighted by Crippen LogP contribution is 2.09. The lowest BCUT2D eigenvalue weighted by Crippen LogP contribution is -1.71. The van der Waals surface area contributed by atoms with Crippen LogP contribution in [0.5, 0.6) is 0 Å². The number of rotatable bonds is 0. The molecule has 0 radical (unpaired) electrons. The van der Waals surface area contributed by atoms with Gasteiger partial charge in [0, 0.05) is 12.4 Å². The van der Waals surface area contributed by atoms with Gasteiger partial charge >= 0.3 is 0 Å². The first-order valence-corrected chi connectivity index (χ1v) is 5.79. The Labute approximate surface area is 86.0 Å². The highest BCUT2D eigenvalue weighted by molar-refractivity contribution is 14.1. The molecule has 0 atom stereocenters. The van der Waals surface area contributed by atoms with Gasteiger partial charge in [-0.25, -0.2) is 0 Å². The fraction of sp³-hybridized carbons (Fsp3) is 0.100. The molecular weight excluding hydrogens is 261 g/mol. The molecular formula is C10H10IN. The zero-order valence-corrected chi connectivity index (χ0v) is 9.02. The van der Waals surface area contributed by atoms with Crippen molar-refractivity contribution in [1.82, 2.24) is 4.98 Å². The van der Waals surface area contributed by atoms with Gasteiger partial charge in [-0.3, -0.25) is 4.98 Å². The summed E-state index contributed by atoms with van der Waals surface area (Å²) in [6, 6.07) is 10.2. The van der Waals surface area contributed by atoms with Gasteiger partial charge < -0.3 is 0 Å². The van der Waals surface area contributed by atoms with Crippen molar-refractivity contribution in [3.8, 4) is 0 Å². The second-order valence-corrected chi connectivity index (χ2v) is 2.22. The number of alkyl halides is 1. The number of halogens is 1. The number of hydrogen-bond acceptors (Lipinski definition) is 1. The van der Waals surface area contributed by atoms with E-state index in [0.29, 0.717) is 0 Å². The molecule has 62 valence electrons. The van der Waals surface area contributed by atoms with Crippen molar-refractivity contribution in [2.45, 2.75) is 0 Å². The molecule has 0 fully saturated rings. The van der Waals surface area contributed by atoms with Crippen LogP contribution in [0.25, 0.3) is 10.8 Å². The summed E-state index contributed by atoms with van der Waals surface area (Å²) in [5, 5.41) is 2.45. The Morgan fingerprint density at radius 2 is 1.67 bits per heavy atom. The fourth-order valence-corrected chi connectivity index (χ4v) is 1.03. The smallest absolute Gasteiger partial charge is 0.0346 e. The van der Waals surface area contributed by atoms with E-state index in [-0.39, 0.29) is 0 Å². The predicted octanol–water partition coefficient (Wildman–Crippen LogP) is 3.29. The molecule has 1 nitrogen and oxygen atoms in total. The van der Waals surface area contributed by atoms with Crippen LogP contribution in [-0.2, 0) is 0 Å². The van der Waals surface area contributed by atoms with E-state index in [0.717, 1.165) is 0 Å². The molecule has 1 heterocycles. The molecule has 0 unspecified atom stereocenters. The molecule has 1 aromatic heterocycles. The lowest BCUT2D eigenvalue weighted by atomic mass is 10.2. The maximum absolute atomic E-state index is 4.01. The van der Waals surface area contributed by atoms with Crippen molar-refractivity contribution >= 4 is 33.4 Å². The minimum absolute atomic E-state index is 1.20. The van der Waals surface area contributed by atoms with E-state index in [1.165, 1.54) is 10.8 Å². The Kier molecular flexibility index (Phi) is 4.00. The summed E-state index contributed by atoms with van der Waals surface area (Å²) < 4.78 is 0. The number of benzene rings is 1. The highest BCUT2D eigenvalue weighted by Gasteiger charge is 1.86. The average Bonchev–Trinajstić information content (AvgIpc) is 2.21. The van der Waals surface area contributed by atoms with Crippen LogP contribution in [-0.4, -0.2) is 9.91 Å². The molecule has 0 N–H and O–H groups in total. The molecule has 2 rings (SSSR count). The molecule has 0 spiro atoms. The van der Waals surface area contributed by atoms with Gasteiger partial charge in [0.05, 0.1) is 0 Å².